The van der Waals surface area contributed by atoms with Crippen LogP contribution in [0.25, 0.3) is 10.2 Å². The van der Waals surface area contributed by atoms with Crippen LogP contribution in [0.2, 0.25) is 0 Å². The number of carbonyl (C=O) groups is 1. The van der Waals surface area contributed by atoms with Crippen molar-refractivity contribution in [3.8, 4) is 0 Å². The van der Waals surface area contributed by atoms with Crippen LogP contribution in [0, 0.1) is 5.92 Å². The van der Waals surface area contributed by atoms with E-state index in [0.29, 0.717) is 0 Å². The van der Waals surface area contributed by atoms with Gasteiger partial charge in [-0.15, -0.1) is 11.3 Å². The van der Waals surface area contributed by atoms with E-state index in [2.05, 4.69) is 9.80 Å². The number of primary amides is 1. The van der Waals surface area contributed by atoms with E-state index in [1.54, 1.807) is 0 Å². The molecule has 0 unspecified atom stereocenters. The molecule has 2 saturated heterocycles. The van der Waals surface area contributed by atoms with E-state index >= 15 is 0 Å². The second kappa shape index (κ2) is 7.57. The topological polar surface area (TPSA) is 84.6 Å². The molecule has 28 heavy (non-hydrogen) atoms. The average Bonchev–Trinajstić information content (AvgIpc) is 3.29. The molecule has 150 valence electrons. The van der Waals surface area contributed by atoms with Gasteiger partial charge in [0.05, 0.1) is 25.1 Å². The molecule has 1 amide bonds. The highest BCUT2D eigenvalue weighted by molar-refractivity contribution is 7.19. The monoisotopic (exact) mass is 401 g/mol. The minimum atomic E-state index is -0.170. The highest BCUT2D eigenvalue weighted by Crippen LogP contribution is 2.41. The van der Waals surface area contributed by atoms with Gasteiger partial charge in [0.1, 0.15) is 16.5 Å². The van der Waals surface area contributed by atoms with Gasteiger partial charge in [0, 0.05) is 37.0 Å². The van der Waals surface area contributed by atoms with Gasteiger partial charge in [0.25, 0.3) is 0 Å². The van der Waals surface area contributed by atoms with Gasteiger partial charge < -0.3 is 15.4 Å². The quantitative estimate of drug-likeness (QED) is 0.840. The molecule has 2 fully saturated rings. The predicted octanol–water partition coefficient (Wildman–Crippen LogP) is 1.71. The summed E-state index contributed by atoms with van der Waals surface area (Å²) in [6.45, 7) is 5.87. The first-order valence-electron chi connectivity index (χ1n) is 10.3. The van der Waals surface area contributed by atoms with Gasteiger partial charge in [-0.25, -0.2) is 9.97 Å². The lowest BCUT2D eigenvalue weighted by Crippen LogP contribution is -2.39. The molecule has 1 aliphatic carbocycles. The smallest absolute Gasteiger partial charge is 0.220 e. The number of aromatic nitrogens is 2. The van der Waals surface area contributed by atoms with E-state index in [9.17, 15) is 4.79 Å². The van der Waals surface area contributed by atoms with Crippen LogP contribution >= 0.6 is 11.3 Å². The van der Waals surface area contributed by atoms with Crippen LogP contribution in [-0.4, -0.2) is 60.2 Å². The average molecular weight is 402 g/mol. The maximum atomic E-state index is 11.6. The van der Waals surface area contributed by atoms with Gasteiger partial charge >= 0.3 is 0 Å². The van der Waals surface area contributed by atoms with Gasteiger partial charge in [0.15, 0.2) is 0 Å². The van der Waals surface area contributed by atoms with Crippen molar-refractivity contribution in [2.45, 2.75) is 38.6 Å². The number of amides is 1. The maximum Gasteiger partial charge on any atom is 0.220 e. The predicted molar refractivity (Wildman–Crippen MR) is 110 cm³/mol. The van der Waals surface area contributed by atoms with Crippen LogP contribution < -0.4 is 10.6 Å². The van der Waals surface area contributed by atoms with Crippen LogP contribution in [-0.2, 0) is 28.9 Å². The van der Waals surface area contributed by atoms with Crippen molar-refractivity contribution in [3.05, 3.63) is 16.3 Å². The van der Waals surface area contributed by atoms with Gasteiger partial charge in [-0.2, -0.15) is 0 Å². The van der Waals surface area contributed by atoms with Gasteiger partial charge in [-0.05, 0) is 37.7 Å². The summed E-state index contributed by atoms with van der Waals surface area (Å²) < 4.78 is 5.47. The molecule has 4 heterocycles. The number of nitrogens with zero attached hydrogens (tertiary/aromatic N) is 4. The summed E-state index contributed by atoms with van der Waals surface area (Å²) >= 11 is 1.85. The first-order valence-corrected chi connectivity index (χ1v) is 11.2. The molecule has 5 rings (SSSR count). The Kier molecular flexibility index (Phi) is 4.94. The maximum absolute atomic E-state index is 11.6. The van der Waals surface area contributed by atoms with Crippen molar-refractivity contribution >= 4 is 33.3 Å². The van der Waals surface area contributed by atoms with Crippen molar-refractivity contribution in [2.24, 2.45) is 11.7 Å². The van der Waals surface area contributed by atoms with Gasteiger partial charge in [0.2, 0.25) is 5.91 Å². The van der Waals surface area contributed by atoms with E-state index < -0.39 is 0 Å². The molecule has 0 spiro atoms. The molecular weight excluding hydrogens is 374 g/mol. The fourth-order valence-corrected chi connectivity index (χ4v) is 5.93. The van der Waals surface area contributed by atoms with Crippen LogP contribution in [0.3, 0.4) is 0 Å². The van der Waals surface area contributed by atoms with Gasteiger partial charge in [-0.3, -0.25) is 9.69 Å². The third kappa shape index (κ3) is 3.38. The van der Waals surface area contributed by atoms with E-state index in [1.807, 2.05) is 11.3 Å². The molecule has 2 N–H and O–H groups in total. The first-order chi connectivity index (χ1) is 13.7. The standard InChI is InChI=1S/C20H27N5O2S/c21-18(26)13-4-6-25(7-5-13)19-17-14-2-1-3-15(14)28-20(17)23-16(22-19)12-24-8-10-27-11-9-24/h13H,1-12H2,(H2,21,26). The van der Waals surface area contributed by atoms with Crippen molar-refractivity contribution in [1.82, 2.24) is 14.9 Å². The zero-order chi connectivity index (χ0) is 19.1. The minimum Gasteiger partial charge on any atom is -0.379 e. The second-order valence-electron chi connectivity index (χ2n) is 8.05. The van der Waals surface area contributed by atoms with E-state index in [-0.39, 0.29) is 11.8 Å². The Morgan fingerprint density at radius 1 is 1.14 bits per heavy atom. The number of rotatable bonds is 4. The number of anilines is 1. The summed E-state index contributed by atoms with van der Waals surface area (Å²) in [6, 6.07) is 0. The molecule has 2 aromatic rings. The van der Waals surface area contributed by atoms with E-state index in [4.69, 9.17) is 20.4 Å². The molecular formula is C20H27N5O2S. The number of morpholine rings is 1. The Morgan fingerprint density at radius 3 is 2.68 bits per heavy atom. The van der Waals surface area contributed by atoms with Crippen molar-refractivity contribution in [3.63, 3.8) is 0 Å². The number of piperidine rings is 1. The van der Waals surface area contributed by atoms with Crippen LogP contribution in [0.4, 0.5) is 5.82 Å². The van der Waals surface area contributed by atoms with Crippen molar-refractivity contribution < 1.29 is 9.53 Å². The summed E-state index contributed by atoms with van der Waals surface area (Å²) in [5.74, 6) is 1.81. The minimum absolute atomic E-state index is 0.00501. The Morgan fingerprint density at radius 2 is 1.93 bits per heavy atom. The fourth-order valence-electron chi connectivity index (χ4n) is 4.65. The number of fused-ring (bicyclic) bond motifs is 3. The largest absolute Gasteiger partial charge is 0.379 e. The Bertz CT molecular complexity index is 884. The first kappa shape index (κ1) is 18.3. The molecule has 2 aromatic heterocycles. The van der Waals surface area contributed by atoms with Gasteiger partial charge in [-0.1, -0.05) is 0 Å². The van der Waals surface area contributed by atoms with E-state index in [0.717, 1.165) is 81.7 Å². The lowest BCUT2D eigenvalue weighted by atomic mass is 9.96. The molecule has 8 heteroatoms. The fraction of sp³-hybridized carbons (Fsp3) is 0.650. The molecule has 2 aliphatic heterocycles. The SMILES string of the molecule is NC(=O)C1CCN(c2nc(CN3CCOCC3)nc3sc4c(c23)CCC4)CC1. The normalized spacial score (nSPS) is 21.4. The summed E-state index contributed by atoms with van der Waals surface area (Å²) in [4.78, 5) is 28.9. The third-order valence-corrected chi connectivity index (χ3v) is 7.44. The lowest BCUT2D eigenvalue weighted by molar-refractivity contribution is -0.122. The lowest BCUT2D eigenvalue weighted by Gasteiger charge is -2.32. The number of hydrogen-bond acceptors (Lipinski definition) is 7. The highest BCUT2D eigenvalue weighted by Gasteiger charge is 2.29. The van der Waals surface area contributed by atoms with Crippen molar-refractivity contribution in [1.29, 1.82) is 0 Å². The van der Waals surface area contributed by atoms with E-state index in [1.165, 1.54) is 28.7 Å². The molecule has 0 radical (unpaired) electrons. The number of ether oxygens (including phenoxy) is 1. The number of thiophene rings is 1. The Hall–Kier alpha value is -1.77. The molecule has 0 aromatic carbocycles. The number of nitrogens with two attached hydrogens (primary N) is 1. The summed E-state index contributed by atoms with van der Waals surface area (Å²) in [6.07, 6.45) is 5.15. The van der Waals surface area contributed by atoms with Crippen LogP contribution in [0.1, 0.15) is 35.5 Å². The summed E-state index contributed by atoms with van der Waals surface area (Å²) in [7, 11) is 0. The third-order valence-electron chi connectivity index (χ3n) is 6.26. The van der Waals surface area contributed by atoms with Crippen molar-refractivity contribution in [2.75, 3.05) is 44.3 Å². The summed E-state index contributed by atoms with van der Waals surface area (Å²) in [5, 5.41) is 1.26. The summed E-state index contributed by atoms with van der Waals surface area (Å²) in [5.41, 5.74) is 6.99. The molecule has 0 bridgehead atoms. The second-order valence-corrected chi connectivity index (χ2v) is 9.14. The zero-order valence-electron chi connectivity index (χ0n) is 16.2. The molecule has 0 saturated carbocycles. The molecule has 0 atom stereocenters. The Balaban J connectivity index is 1.49. The number of hydrogen-bond donors (Lipinski definition) is 1. The van der Waals surface area contributed by atoms with Crippen LogP contribution in [0.5, 0.6) is 0 Å². The number of aryl methyl sites for hydroxylation is 2. The highest BCUT2D eigenvalue weighted by atomic mass is 32.1. The number of carbonyl (C=O) groups excluding carboxylic acids is 1. The van der Waals surface area contributed by atoms with Crippen LogP contribution in [0.15, 0.2) is 0 Å². The zero-order valence-corrected chi connectivity index (χ0v) is 17.0. The molecule has 7 nitrogen and oxygen atoms in total. The Labute approximate surface area is 168 Å². The molecule has 3 aliphatic rings.